The lowest BCUT2D eigenvalue weighted by molar-refractivity contribution is -0.113. The molecule has 1 amide bonds. The van der Waals surface area contributed by atoms with Gasteiger partial charge >= 0.3 is 0 Å². The van der Waals surface area contributed by atoms with E-state index in [1.54, 1.807) is 34.8 Å². The molecule has 0 bridgehead atoms. The fraction of sp³-hybridized carbons (Fsp3) is 0.0645. The minimum Gasteiger partial charge on any atom is -0.497 e. The second-order valence-electron chi connectivity index (χ2n) is 8.92. The molecule has 6 rings (SSSR count). The average molecular weight is 611 g/mol. The van der Waals surface area contributed by atoms with Crippen molar-refractivity contribution in [3.05, 3.63) is 128 Å². The Balaban J connectivity index is 1.55. The molecule has 0 spiro atoms. The molecule has 0 fully saturated rings. The molecule has 186 valence electrons. The molecule has 0 N–H and O–H groups in total. The van der Waals surface area contributed by atoms with Crippen molar-refractivity contribution in [1.29, 1.82) is 0 Å². The monoisotopic (exact) mass is 611 g/mol. The van der Waals surface area contributed by atoms with Crippen LogP contribution >= 0.6 is 22.6 Å². The van der Waals surface area contributed by atoms with Gasteiger partial charge in [0.15, 0.2) is 0 Å². The Morgan fingerprint density at radius 3 is 2.39 bits per heavy atom. The van der Waals surface area contributed by atoms with Crippen LogP contribution in [0.5, 0.6) is 5.75 Å². The number of carbonyl (C=O) groups excluding carboxylic acids is 1. The third-order valence-corrected chi connectivity index (χ3v) is 7.28. The summed E-state index contributed by atoms with van der Waals surface area (Å²) in [5, 5.41) is 0.513. The fourth-order valence-electron chi connectivity index (χ4n) is 4.75. The summed E-state index contributed by atoms with van der Waals surface area (Å²) in [4.78, 5) is 34.3. The zero-order valence-corrected chi connectivity index (χ0v) is 22.6. The Hall–Kier alpha value is -4.24. The van der Waals surface area contributed by atoms with Crippen molar-refractivity contribution in [3.8, 4) is 11.4 Å². The Morgan fingerprint density at radius 1 is 0.895 bits per heavy atom. The molecule has 6 nitrogen and oxygen atoms in total. The molecule has 4 aromatic carbocycles. The number of ether oxygens (including phenoxy) is 1. The van der Waals surface area contributed by atoms with Crippen molar-refractivity contribution >= 4 is 56.7 Å². The second-order valence-corrected chi connectivity index (χ2v) is 10.2. The number of hydrogen-bond donors (Lipinski definition) is 0. The Labute approximate surface area is 233 Å². The van der Waals surface area contributed by atoms with E-state index in [9.17, 15) is 9.59 Å². The van der Waals surface area contributed by atoms with E-state index < -0.39 is 0 Å². The SMILES string of the molecule is COc1ccc(-n2c(/C=C3\C(=O)N(Cc4ccccc4)c4ccccc43)nc3ccc(I)cc3c2=O)cc1. The highest BCUT2D eigenvalue weighted by atomic mass is 127. The second kappa shape index (κ2) is 9.90. The lowest BCUT2D eigenvalue weighted by atomic mass is 10.1. The van der Waals surface area contributed by atoms with E-state index in [0.29, 0.717) is 40.3 Å². The predicted molar refractivity (Wildman–Crippen MR) is 159 cm³/mol. The van der Waals surface area contributed by atoms with E-state index in [-0.39, 0.29) is 11.5 Å². The number of carbonyl (C=O) groups is 1. The minimum absolute atomic E-state index is 0.131. The number of fused-ring (bicyclic) bond motifs is 2. The number of halogens is 1. The van der Waals surface area contributed by atoms with Crippen molar-refractivity contribution in [2.45, 2.75) is 6.54 Å². The molecular weight excluding hydrogens is 589 g/mol. The largest absolute Gasteiger partial charge is 0.497 e. The first-order valence-electron chi connectivity index (χ1n) is 12.1. The van der Waals surface area contributed by atoms with Crippen LogP contribution in [0.15, 0.2) is 102 Å². The van der Waals surface area contributed by atoms with Gasteiger partial charge in [-0.3, -0.25) is 14.2 Å². The Kier molecular flexibility index (Phi) is 6.29. The maximum absolute atomic E-state index is 13.8. The van der Waals surface area contributed by atoms with Gasteiger partial charge in [0.25, 0.3) is 11.5 Å². The molecule has 1 aromatic heterocycles. The van der Waals surface area contributed by atoms with Crippen LogP contribution in [0.25, 0.3) is 28.2 Å². The number of benzene rings is 4. The van der Waals surface area contributed by atoms with Gasteiger partial charge in [-0.25, -0.2) is 4.98 Å². The molecular formula is C31H22IN3O3. The zero-order chi connectivity index (χ0) is 26.2. The zero-order valence-electron chi connectivity index (χ0n) is 20.5. The summed E-state index contributed by atoms with van der Waals surface area (Å²) in [6.07, 6.45) is 1.73. The highest BCUT2D eigenvalue weighted by molar-refractivity contribution is 14.1. The molecule has 38 heavy (non-hydrogen) atoms. The van der Waals surface area contributed by atoms with Gasteiger partial charge < -0.3 is 9.64 Å². The van der Waals surface area contributed by atoms with Crippen molar-refractivity contribution in [2.75, 3.05) is 12.0 Å². The molecule has 0 saturated heterocycles. The van der Waals surface area contributed by atoms with Crippen LogP contribution in [-0.2, 0) is 11.3 Å². The van der Waals surface area contributed by atoms with E-state index in [1.165, 1.54) is 0 Å². The predicted octanol–water partition coefficient (Wildman–Crippen LogP) is 6.09. The van der Waals surface area contributed by atoms with Gasteiger partial charge in [0, 0.05) is 9.13 Å². The molecule has 7 heteroatoms. The topological polar surface area (TPSA) is 64.4 Å². The van der Waals surface area contributed by atoms with E-state index in [0.717, 1.165) is 20.4 Å². The molecule has 2 heterocycles. The quantitative estimate of drug-likeness (QED) is 0.179. The average Bonchev–Trinajstić information content (AvgIpc) is 3.20. The van der Waals surface area contributed by atoms with E-state index in [2.05, 4.69) is 22.6 Å². The van der Waals surface area contributed by atoms with Crippen molar-refractivity contribution in [1.82, 2.24) is 9.55 Å². The maximum Gasteiger partial charge on any atom is 0.266 e. The minimum atomic E-state index is -0.203. The smallest absolute Gasteiger partial charge is 0.266 e. The number of aromatic nitrogens is 2. The van der Waals surface area contributed by atoms with Crippen molar-refractivity contribution < 1.29 is 9.53 Å². The third kappa shape index (κ3) is 4.28. The summed E-state index contributed by atoms with van der Waals surface area (Å²) in [5.74, 6) is 0.934. The summed E-state index contributed by atoms with van der Waals surface area (Å²) < 4.78 is 7.81. The number of methoxy groups -OCH3 is 1. The van der Waals surface area contributed by atoms with Gasteiger partial charge in [0.1, 0.15) is 11.6 Å². The molecule has 0 atom stereocenters. The standard InChI is InChI=1S/C31H22IN3O3/c1-38-23-14-12-22(13-15-23)35-29(33-27-16-11-21(32)17-26(27)31(35)37)18-25-24-9-5-6-10-28(24)34(30(25)36)19-20-7-3-2-4-8-20/h2-18H,19H2,1H3/b25-18-. The first kappa shape index (κ1) is 24.1. The van der Waals surface area contributed by atoms with Crippen LogP contribution in [0.2, 0.25) is 0 Å². The summed E-state index contributed by atoms with van der Waals surface area (Å²) in [5.41, 5.74) is 4.18. The maximum atomic E-state index is 13.8. The highest BCUT2D eigenvalue weighted by Gasteiger charge is 2.32. The van der Waals surface area contributed by atoms with E-state index in [4.69, 9.17) is 9.72 Å². The lowest BCUT2D eigenvalue weighted by Gasteiger charge is -2.17. The van der Waals surface area contributed by atoms with Crippen LogP contribution < -0.4 is 15.2 Å². The lowest BCUT2D eigenvalue weighted by Crippen LogP contribution is -2.26. The molecule has 0 aliphatic carbocycles. The van der Waals surface area contributed by atoms with Crippen LogP contribution in [0, 0.1) is 3.57 Å². The molecule has 0 radical (unpaired) electrons. The van der Waals surface area contributed by atoms with Gasteiger partial charge in [0.2, 0.25) is 0 Å². The van der Waals surface area contributed by atoms with Gasteiger partial charge in [-0.2, -0.15) is 0 Å². The Bertz CT molecular complexity index is 1780. The van der Waals surface area contributed by atoms with Gasteiger partial charge in [-0.05, 0) is 82.8 Å². The van der Waals surface area contributed by atoms with Gasteiger partial charge in [-0.1, -0.05) is 48.5 Å². The number of amides is 1. The van der Waals surface area contributed by atoms with Crippen LogP contribution in [0.3, 0.4) is 0 Å². The molecule has 0 saturated carbocycles. The molecule has 1 aliphatic heterocycles. The third-order valence-electron chi connectivity index (χ3n) is 6.60. The highest BCUT2D eigenvalue weighted by Crippen LogP contribution is 2.38. The molecule has 1 aliphatic rings. The summed E-state index contributed by atoms with van der Waals surface area (Å²) in [7, 11) is 1.60. The van der Waals surface area contributed by atoms with Crippen LogP contribution in [-0.4, -0.2) is 22.6 Å². The first-order chi connectivity index (χ1) is 18.5. The van der Waals surface area contributed by atoms with Crippen LogP contribution in [0.1, 0.15) is 17.0 Å². The summed E-state index contributed by atoms with van der Waals surface area (Å²) in [6.45, 7) is 0.447. The van der Waals surface area contributed by atoms with Crippen molar-refractivity contribution in [3.63, 3.8) is 0 Å². The Morgan fingerprint density at radius 2 is 1.63 bits per heavy atom. The first-order valence-corrected chi connectivity index (χ1v) is 13.1. The number of para-hydroxylation sites is 1. The summed E-state index contributed by atoms with van der Waals surface area (Å²) in [6, 6.07) is 30.4. The van der Waals surface area contributed by atoms with Gasteiger partial charge in [-0.15, -0.1) is 0 Å². The molecule has 5 aromatic rings. The van der Waals surface area contributed by atoms with E-state index >= 15 is 0 Å². The van der Waals surface area contributed by atoms with Crippen molar-refractivity contribution in [2.24, 2.45) is 0 Å². The fourth-order valence-corrected chi connectivity index (χ4v) is 5.24. The van der Waals surface area contributed by atoms with Gasteiger partial charge in [0.05, 0.1) is 41.5 Å². The number of nitrogens with zero attached hydrogens (tertiary/aromatic N) is 3. The van der Waals surface area contributed by atoms with Crippen LogP contribution in [0.4, 0.5) is 5.69 Å². The number of hydrogen-bond acceptors (Lipinski definition) is 4. The van der Waals surface area contributed by atoms with E-state index in [1.807, 2.05) is 84.9 Å². The molecule has 0 unspecified atom stereocenters. The number of anilines is 1. The normalized spacial score (nSPS) is 13.8. The summed E-state index contributed by atoms with van der Waals surface area (Å²) >= 11 is 2.19. The number of rotatable bonds is 5.